The van der Waals surface area contributed by atoms with Gasteiger partial charge in [0.1, 0.15) is 0 Å². The van der Waals surface area contributed by atoms with Crippen LogP contribution in [0, 0.1) is 0 Å². The zero-order valence-electron chi connectivity index (χ0n) is 8.70. The van der Waals surface area contributed by atoms with Crippen LogP contribution < -0.4 is 5.32 Å². The maximum Gasteiger partial charge on any atom is 0.223 e. The molecular formula is C10H11Cl2N3O. The summed E-state index contributed by atoms with van der Waals surface area (Å²) in [6, 6.07) is 5.32. The quantitative estimate of drug-likeness (QED) is 0.888. The highest BCUT2D eigenvalue weighted by Crippen LogP contribution is 2.30. The molecule has 1 N–H and O–H groups in total. The lowest BCUT2D eigenvalue weighted by atomic mass is 10.3. The molecule has 2 rings (SSSR count). The first-order valence-corrected chi connectivity index (χ1v) is 5.55. The average molecular weight is 260 g/mol. The largest absolute Gasteiger partial charge is 0.322 e. The number of guanidine groups is 1. The third-order valence-corrected chi connectivity index (χ3v) is 2.85. The van der Waals surface area contributed by atoms with E-state index in [2.05, 4.69) is 10.3 Å². The van der Waals surface area contributed by atoms with Gasteiger partial charge in [0.05, 0.1) is 35.9 Å². The highest BCUT2D eigenvalue weighted by Gasteiger charge is 2.18. The van der Waals surface area contributed by atoms with Gasteiger partial charge in [-0.05, 0) is 12.1 Å². The highest BCUT2D eigenvalue weighted by molar-refractivity contribution is 6.39. The molecule has 0 aromatic heterocycles. The fourth-order valence-corrected chi connectivity index (χ4v) is 1.93. The summed E-state index contributed by atoms with van der Waals surface area (Å²) < 4.78 is 0. The van der Waals surface area contributed by atoms with Crippen LogP contribution in [0.4, 0.5) is 5.69 Å². The van der Waals surface area contributed by atoms with Crippen molar-refractivity contribution >= 4 is 34.8 Å². The van der Waals surface area contributed by atoms with E-state index in [1.807, 2.05) is 0 Å². The predicted octanol–water partition coefficient (Wildman–Crippen LogP) is 2.64. The molecule has 0 saturated heterocycles. The van der Waals surface area contributed by atoms with Crippen molar-refractivity contribution in [1.29, 1.82) is 0 Å². The van der Waals surface area contributed by atoms with Crippen LogP contribution in [0.25, 0.3) is 0 Å². The molecule has 16 heavy (non-hydrogen) atoms. The lowest BCUT2D eigenvalue weighted by molar-refractivity contribution is -0.0550. The second-order valence-corrected chi connectivity index (χ2v) is 4.03. The predicted molar refractivity (Wildman–Crippen MR) is 66.1 cm³/mol. The summed E-state index contributed by atoms with van der Waals surface area (Å²) >= 11 is 12.1. The van der Waals surface area contributed by atoms with Crippen molar-refractivity contribution in [3.8, 4) is 0 Å². The van der Waals surface area contributed by atoms with Crippen LogP contribution in [-0.4, -0.2) is 31.2 Å². The molecule has 0 spiro atoms. The number of hydroxylamine groups is 2. The molecule has 1 aliphatic rings. The average Bonchev–Trinajstić information content (AvgIpc) is 2.71. The first-order chi connectivity index (χ1) is 7.72. The van der Waals surface area contributed by atoms with Crippen LogP contribution >= 0.6 is 23.2 Å². The molecule has 1 heterocycles. The molecule has 0 radical (unpaired) electrons. The van der Waals surface area contributed by atoms with Crippen molar-refractivity contribution in [2.45, 2.75) is 0 Å². The first-order valence-electron chi connectivity index (χ1n) is 4.79. The summed E-state index contributed by atoms with van der Waals surface area (Å²) in [6.45, 7) is 1.42. The molecule has 1 aromatic carbocycles. The Morgan fingerprint density at radius 3 is 2.69 bits per heavy atom. The lowest BCUT2D eigenvalue weighted by Gasteiger charge is -2.18. The van der Waals surface area contributed by atoms with E-state index in [9.17, 15) is 0 Å². The van der Waals surface area contributed by atoms with Crippen molar-refractivity contribution in [3.63, 3.8) is 0 Å². The number of nitrogens with zero attached hydrogens (tertiary/aromatic N) is 2. The molecule has 1 aliphatic heterocycles. The van der Waals surface area contributed by atoms with Crippen molar-refractivity contribution < 1.29 is 4.84 Å². The Balaban J connectivity index is 2.21. The summed E-state index contributed by atoms with van der Waals surface area (Å²) in [5.41, 5.74) is 0.647. The summed E-state index contributed by atoms with van der Waals surface area (Å²) in [5.74, 6) is 0.623. The molecule has 0 amide bonds. The number of para-hydroxylation sites is 1. The summed E-state index contributed by atoms with van der Waals surface area (Å²) in [4.78, 5) is 9.38. The fourth-order valence-electron chi connectivity index (χ4n) is 1.44. The van der Waals surface area contributed by atoms with Gasteiger partial charge in [-0.2, -0.15) is 0 Å². The zero-order chi connectivity index (χ0) is 11.5. The molecule has 6 heteroatoms. The maximum atomic E-state index is 6.04. The van der Waals surface area contributed by atoms with E-state index >= 15 is 0 Å². The van der Waals surface area contributed by atoms with Gasteiger partial charge in [0, 0.05) is 0 Å². The summed E-state index contributed by atoms with van der Waals surface area (Å²) in [6.07, 6.45) is 0. The topological polar surface area (TPSA) is 36.9 Å². The number of halogens is 2. The van der Waals surface area contributed by atoms with E-state index in [0.717, 1.165) is 6.54 Å². The Hall–Kier alpha value is -0.970. The number of benzene rings is 1. The van der Waals surface area contributed by atoms with E-state index in [-0.39, 0.29) is 0 Å². The van der Waals surface area contributed by atoms with E-state index < -0.39 is 0 Å². The standard InChI is InChI=1S/C10H11Cl2N3O/c1-16-15-6-5-13-10(15)14-9-7(11)3-2-4-8(9)12/h2-4H,5-6H2,1H3,(H,13,14). The van der Waals surface area contributed by atoms with Crippen molar-refractivity contribution in [2.75, 3.05) is 25.5 Å². The molecule has 0 saturated carbocycles. The summed E-state index contributed by atoms with van der Waals surface area (Å²) in [7, 11) is 1.59. The maximum absolute atomic E-state index is 6.04. The minimum atomic E-state index is 0.554. The van der Waals surface area contributed by atoms with Gasteiger partial charge in [-0.25, -0.2) is 10.1 Å². The Labute approximate surface area is 104 Å². The summed E-state index contributed by atoms with van der Waals surface area (Å²) in [5, 5.41) is 5.83. The number of rotatable bonds is 2. The normalized spacial score (nSPS) is 15.2. The Morgan fingerprint density at radius 2 is 2.06 bits per heavy atom. The SMILES string of the molecule is CON1CCN=C1Nc1c(Cl)cccc1Cl. The van der Waals surface area contributed by atoms with Gasteiger partial charge in [0.15, 0.2) is 0 Å². The Morgan fingerprint density at radius 1 is 1.38 bits per heavy atom. The van der Waals surface area contributed by atoms with Crippen LogP contribution in [0.15, 0.2) is 23.2 Å². The second-order valence-electron chi connectivity index (χ2n) is 3.21. The molecule has 86 valence electrons. The van der Waals surface area contributed by atoms with Gasteiger partial charge >= 0.3 is 0 Å². The third-order valence-electron chi connectivity index (χ3n) is 2.22. The fraction of sp³-hybridized carbons (Fsp3) is 0.300. The lowest BCUT2D eigenvalue weighted by Crippen LogP contribution is -2.32. The van der Waals surface area contributed by atoms with Crippen LogP contribution in [0.2, 0.25) is 10.0 Å². The number of hydrogen-bond acceptors (Lipinski definition) is 4. The highest BCUT2D eigenvalue weighted by atomic mass is 35.5. The van der Waals surface area contributed by atoms with Crippen molar-refractivity contribution in [1.82, 2.24) is 5.06 Å². The van der Waals surface area contributed by atoms with Gasteiger partial charge in [-0.1, -0.05) is 29.3 Å². The number of anilines is 1. The van der Waals surface area contributed by atoms with E-state index in [1.54, 1.807) is 30.4 Å². The Bertz CT molecular complexity index is 402. The van der Waals surface area contributed by atoms with Gasteiger partial charge in [0.2, 0.25) is 5.96 Å². The van der Waals surface area contributed by atoms with Crippen molar-refractivity contribution in [2.24, 2.45) is 4.99 Å². The van der Waals surface area contributed by atoms with Gasteiger partial charge < -0.3 is 5.32 Å². The zero-order valence-corrected chi connectivity index (χ0v) is 10.2. The minimum Gasteiger partial charge on any atom is -0.322 e. The first kappa shape index (κ1) is 11.5. The molecule has 0 aliphatic carbocycles. The van der Waals surface area contributed by atoms with E-state index in [4.69, 9.17) is 28.0 Å². The molecular weight excluding hydrogens is 249 g/mol. The second kappa shape index (κ2) is 4.91. The Kier molecular flexibility index (Phi) is 3.53. The van der Waals surface area contributed by atoms with Gasteiger partial charge in [-0.3, -0.25) is 4.84 Å². The van der Waals surface area contributed by atoms with Gasteiger partial charge in [-0.15, -0.1) is 0 Å². The minimum absolute atomic E-state index is 0.554. The van der Waals surface area contributed by atoms with Crippen LogP contribution in [0.5, 0.6) is 0 Å². The smallest absolute Gasteiger partial charge is 0.223 e. The molecule has 0 unspecified atom stereocenters. The number of aliphatic imine (C=N–C) groups is 1. The molecule has 0 atom stereocenters. The number of hydrogen-bond donors (Lipinski definition) is 1. The van der Waals surface area contributed by atoms with Crippen LogP contribution in [0.1, 0.15) is 0 Å². The van der Waals surface area contributed by atoms with Gasteiger partial charge in [0.25, 0.3) is 0 Å². The molecule has 4 nitrogen and oxygen atoms in total. The molecule has 0 fully saturated rings. The van der Waals surface area contributed by atoms with E-state index in [0.29, 0.717) is 28.2 Å². The van der Waals surface area contributed by atoms with E-state index in [1.165, 1.54) is 0 Å². The number of nitrogens with one attached hydrogen (secondary N) is 1. The van der Waals surface area contributed by atoms with Crippen LogP contribution in [-0.2, 0) is 4.84 Å². The molecule has 1 aromatic rings. The molecule has 0 bridgehead atoms. The van der Waals surface area contributed by atoms with Crippen molar-refractivity contribution in [3.05, 3.63) is 28.2 Å². The third kappa shape index (κ3) is 2.24. The monoisotopic (exact) mass is 259 g/mol. The van der Waals surface area contributed by atoms with Crippen LogP contribution in [0.3, 0.4) is 0 Å².